The van der Waals surface area contributed by atoms with Gasteiger partial charge in [0.2, 0.25) is 0 Å². The van der Waals surface area contributed by atoms with E-state index in [-0.39, 0.29) is 0 Å². The second kappa shape index (κ2) is 25.2. The third-order valence-corrected chi connectivity index (χ3v) is 13.7. The molecule has 73 heavy (non-hydrogen) atoms. The van der Waals surface area contributed by atoms with E-state index in [0.717, 1.165) is 0 Å². The molecule has 0 radical (unpaired) electrons. The van der Waals surface area contributed by atoms with Crippen molar-refractivity contribution in [1.29, 1.82) is 0 Å². The van der Waals surface area contributed by atoms with Crippen molar-refractivity contribution >= 4 is 10.4 Å². The normalized spacial score (nSPS) is 51.4. The van der Waals surface area contributed by atoms with Gasteiger partial charge in [0, 0.05) is 0 Å². The minimum absolute atomic E-state index is 0.812. The van der Waals surface area contributed by atoms with Gasteiger partial charge in [0.05, 0.1) is 52.9 Å². The summed E-state index contributed by atoms with van der Waals surface area (Å²) in [4.78, 5) is 0. The molecule has 34 nitrogen and oxygen atoms in total. The molecule has 0 aliphatic carbocycles. The van der Waals surface area contributed by atoms with Crippen LogP contribution in [-0.4, -0.2) is 337 Å². The third kappa shape index (κ3) is 12.6. The van der Waals surface area contributed by atoms with E-state index in [9.17, 15) is 95.2 Å². The van der Waals surface area contributed by atoms with Gasteiger partial charge in [-0.3, -0.25) is 4.55 Å². The van der Waals surface area contributed by atoms with Gasteiger partial charge in [-0.2, -0.15) is 8.42 Å². The highest BCUT2D eigenvalue weighted by Gasteiger charge is 2.59. The lowest BCUT2D eigenvalue weighted by Crippen LogP contribution is -2.69. The van der Waals surface area contributed by atoms with Gasteiger partial charge in [-0.05, 0) is 0 Å². The van der Waals surface area contributed by atoms with Gasteiger partial charge in [0.15, 0.2) is 37.7 Å². The van der Waals surface area contributed by atoms with Gasteiger partial charge in [-0.15, -0.1) is 0 Å². The summed E-state index contributed by atoms with van der Waals surface area (Å²) in [5, 5.41) is 187. The molecule has 0 spiro atoms. The summed E-state index contributed by atoms with van der Waals surface area (Å²) in [5.74, 6) is 0. The number of aliphatic hydroxyl groups is 17. The molecule has 22 fully saturated rings. The van der Waals surface area contributed by atoms with Crippen molar-refractivity contribution in [3.8, 4) is 0 Å². The molecular formula is C38H64O34S. The smallest absolute Gasteiger partial charge is 0.394 e. The van der Waals surface area contributed by atoms with E-state index in [2.05, 4.69) is 4.18 Å². The molecule has 18 N–H and O–H groups in total. The Bertz CT molecular complexity index is 1810. The van der Waals surface area contributed by atoms with Crippen molar-refractivity contribution in [1.82, 2.24) is 0 Å². The molecule has 12 bridgehead atoms. The highest BCUT2D eigenvalue weighted by atomic mass is 32.3. The Morgan fingerprint density at radius 3 is 0.753 bits per heavy atom. The molecule has 0 unspecified atom stereocenters. The van der Waals surface area contributed by atoms with Crippen LogP contribution >= 0.6 is 0 Å². The maximum absolute atomic E-state index is 11.7. The Morgan fingerprint density at radius 1 is 0.301 bits per heavy atom. The Balaban J connectivity index is 1.22. The first-order valence-electron chi connectivity index (χ1n) is 22.8. The third-order valence-electron chi connectivity index (χ3n) is 13.3. The first-order valence-corrected chi connectivity index (χ1v) is 24.2. The Kier molecular flexibility index (Phi) is 20.5. The highest BCUT2D eigenvalue weighted by Crippen LogP contribution is 2.38. The van der Waals surface area contributed by atoms with Crippen molar-refractivity contribution in [3.63, 3.8) is 0 Å². The SMILES string of the molecule is O=S(=O)(O)OCCO[C@@H]1[C@@H](O)[C@H]2O[C@H]3[C@H](O)[C@@H](O)[C@@H](O[C@H]4[C@H](O)[C@@H](O)[C@@H](O[C@H]5[C@H](O)[C@@H](O)[C@@H](O[C@H]6[C@H](O)[C@@H](O)[C@@H](O[C@H]7[C@H](O)[C@@H](O)[C@@H](O[C@H]1[C@@H](CO)O2)O[C@@H]7CO)O[C@@H]6CO)O[C@@H]5CO)O[C@@H]4CO)O[C@@H]3CO. The first-order chi connectivity index (χ1) is 34.6. The van der Waals surface area contributed by atoms with Crippen LogP contribution in [0.1, 0.15) is 0 Å². The van der Waals surface area contributed by atoms with Crippen molar-refractivity contribution < 1.29 is 166 Å². The maximum atomic E-state index is 11.7. The molecule has 22 saturated heterocycles. The van der Waals surface area contributed by atoms with Crippen LogP contribution in [0, 0.1) is 0 Å². The predicted molar refractivity (Wildman–Crippen MR) is 217 cm³/mol. The zero-order valence-corrected chi connectivity index (χ0v) is 38.8. The average Bonchev–Trinajstić information content (AvgIpc) is 3.36. The Hall–Kier alpha value is -1.33. The fourth-order valence-electron chi connectivity index (χ4n) is 9.43. The van der Waals surface area contributed by atoms with Crippen LogP contribution < -0.4 is 0 Å². The Morgan fingerprint density at radius 2 is 0.521 bits per heavy atom. The van der Waals surface area contributed by atoms with E-state index in [0.29, 0.717) is 0 Å². The fraction of sp³-hybridized carbons (Fsp3) is 1.00. The van der Waals surface area contributed by atoms with E-state index in [4.69, 9.17) is 66.1 Å². The number of aliphatic hydroxyl groups excluding tert-OH is 17. The molecule has 0 amide bonds. The van der Waals surface area contributed by atoms with E-state index in [1.807, 2.05) is 0 Å². The largest absolute Gasteiger partial charge is 0.397 e. The quantitative estimate of drug-likeness (QED) is 0.0675. The van der Waals surface area contributed by atoms with Crippen LogP contribution in [0.5, 0.6) is 0 Å². The summed E-state index contributed by atoms with van der Waals surface area (Å²) < 4.78 is 110. The molecule has 22 heterocycles. The number of hydrogen-bond donors (Lipinski definition) is 18. The molecule has 22 aliphatic heterocycles. The lowest BCUT2D eigenvalue weighted by molar-refractivity contribution is -0.405. The monoisotopic (exact) mass is 1100 g/mol. The summed E-state index contributed by atoms with van der Waals surface area (Å²) in [5.41, 5.74) is 0. The average molecular weight is 1100 g/mol. The first kappa shape index (κ1) is 59.3. The molecule has 0 saturated carbocycles. The molecule has 0 aromatic carbocycles. The summed E-state index contributed by atoms with van der Waals surface area (Å²) >= 11 is 0. The van der Waals surface area contributed by atoms with Gasteiger partial charge < -0.3 is 148 Å². The minimum Gasteiger partial charge on any atom is -0.394 e. The minimum atomic E-state index is -5.05. The molecule has 30 atom stereocenters. The number of rotatable bonds is 11. The highest BCUT2D eigenvalue weighted by molar-refractivity contribution is 7.80. The van der Waals surface area contributed by atoms with Crippen molar-refractivity contribution in [2.75, 3.05) is 52.9 Å². The van der Waals surface area contributed by atoms with Gasteiger partial charge in [-0.1, -0.05) is 0 Å². The standard InChI is InChI=1S/C38H64O34S/c39-3-9-26-15(45)20(50)33(61-9)68-27-10(4-40)63-35(22(52)17(27)47)70-29-12(6-42)65-37(24(54)19(29)49)72-31-14(8-44)66-38(25(55)32(31)59-1-2-60-73(56,57)58)71-30-13(7-43)64-36(23(53)18(30)48)69-28-11(5-41)62-34(67-26)21(51)16(28)46/h9-55H,1-8H2,(H,56,57,58)/t9-,10-,11-,12-,13-,14-,15-,16-,17-,18-,19-,20-,21-,22-,23-,24-,25-,26-,27-,28-,29-,30-,31+,32-,33-,34-,35-,36-,37-,38-/m1/s1. The number of hydrogen-bond acceptors (Lipinski definition) is 33. The topological polar surface area (TPSA) is 528 Å². The second-order valence-corrected chi connectivity index (χ2v) is 19.0. The van der Waals surface area contributed by atoms with Crippen LogP contribution in [0.4, 0.5) is 0 Å². The predicted octanol–water partition coefficient (Wildman–Crippen LogP) is -13.2. The molecule has 35 heteroatoms. The van der Waals surface area contributed by atoms with Gasteiger partial charge in [0.1, 0.15) is 146 Å². The van der Waals surface area contributed by atoms with E-state index < -0.39 is 247 Å². The molecule has 0 aromatic rings. The van der Waals surface area contributed by atoms with E-state index >= 15 is 0 Å². The van der Waals surface area contributed by atoms with E-state index in [1.165, 1.54) is 0 Å². The van der Waals surface area contributed by atoms with Gasteiger partial charge in [0.25, 0.3) is 0 Å². The van der Waals surface area contributed by atoms with Crippen molar-refractivity contribution in [3.05, 3.63) is 0 Å². The van der Waals surface area contributed by atoms with E-state index in [1.54, 1.807) is 0 Å². The summed E-state index contributed by atoms with van der Waals surface area (Å²) in [7, 11) is -5.05. The van der Waals surface area contributed by atoms with Crippen LogP contribution in [-0.2, 0) is 76.2 Å². The zero-order chi connectivity index (χ0) is 53.4. The molecule has 22 aliphatic rings. The maximum Gasteiger partial charge on any atom is 0.397 e. The fourth-order valence-corrected chi connectivity index (χ4v) is 9.71. The van der Waals surface area contributed by atoms with Crippen LogP contribution in [0.15, 0.2) is 0 Å². The lowest BCUT2D eigenvalue weighted by Gasteiger charge is -2.51. The van der Waals surface area contributed by atoms with Gasteiger partial charge >= 0.3 is 10.4 Å². The molecular weight excluding hydrogens is 1030 g/mol. The summed E-state index contributed by atoms with van der Waals surface area (Å²) in [6.07, 6.45) is -60.0. The molecule has 426 valence electrons. The zero-order valence-electron chi connectivity index (χ0n) is 38.0. The summed E-state index contributed by atoms with van der Waals surface area (Å²) in [6, 6.07) is 0. The number of ether oxygens (including phenoxy) is 13. The Labute approximate surface area is 412 Å². The van der Waals surface area contributed by atoms with Crippen molar-refractivity contribution in [2.45, 2.75) is 184 Å². The summed E-state index contributed by atoms with van der Waals surface area (Å²) in [6.45, 7) is -8.04. The van der Waals surface area contributed by atoms with Crippen molar-refractivity contribution in [2.24, 2.45) is 0 Å². The van der Waals surface area contributed by atoms with Crippen LogP contribution in [0.2, 0.25) is 0 Å². The molecule has 0 aromatic heterocycles. The van der Waals surface area contributed by atoms with Crippen LogP contribution in [0.3, 0.4) is 0 Å². The second-order valence-electron chi connectivity index (χ2n) is 17.9. The van der Waals surface area contributed by atoms with Gasteiger partial charge in [-0.25, -0.2) is 4.18 Å². The lowest BCUT2D eigenvalue weighted by atomic mass is 9.94. The molecule has 22 rings (SSSR count). The van der Waals surface area contributed by atoms with Crippen LogP contribution in [0.25, 0.3) is 0 Å².